The Kier molecular flexibility index (Phi) is 60.3. The van der Waals surface area contributed by atoms with Crippen LogP contribution in [0.25, 0.3) is 0 Å². The van der Waals surface area contributed by atoms with Gasteiger partial charge in [-0.05, 0) is 128 Å². The summed E-state index contributed by atoms with van der Waals surface area (Å²) in [5, 5.41) is 0. The van der Waals surface area contributed by atoms with Gasteiger partial charge in [0.1, 0.15) is 6.61 Å². The third-order valence-electron chi connectivity index (χ3n) is 12.6. The van der Waals surface area contributed by atoms with Crippen LogP contribution in [0.4, 0.5) is 0 Å². The third-order valence-corrected chi connectivity index (χ3v) is 13.6. The maximum atomic E-state index is 12.7. The van der Waals surface area contributed by atoms with Gasteiger partial charge in [-0.2, -0.15) is 0 Å². The molecule has 0 bridgehead atoms. The zero-order valence-electron chi connectivity index (χ0n) is 50.5. The molecule has 0 spiro atoms. The van der Waals surface area contributed by atoms with Gasteiger partial charge in [0.05, 0.1) is 13.2 Å². The van der Waals surface area contributed by atoms with E-state index in [4.69, 9.17) is 24.3 Å². The Morgan fingerprint density at radius 2 is 0.688 bits per heavy atom. The van der Waals surface area contributed by atoms with Crippen LogP contribution in [0.5, 0.6) is 0 Å². The highest BCUT2D eigenvalue weighted by Crippen LogP contribution is 2.43. The molecule has 0 aliphatic rings. The van der Waals surface area contributed by atoms with Crippen molar-refractivity contribution in [1.82, 2.24) is 0 Å². The SMILES string of the molecule is CC/C=C\C/C=C\C/C=C\C/C=C\C/C=C\C/C=C\C/C=C\C/C=C\C/C=C\C/C=C\C/C=C\CCCCCCCCCC(=O)OC(COC(=O)CCCCCCCCC/C=C\C/C=C\CCCCCC)COP(=O)(O)OCCN. The highest BCUT2D eigenvalue weighted by molar-refractivity contribution is 7.47. The summed E-state index contributed by atoms with van der Waals surface area (Å²) >= 11 is 0. The fourth-order valence-corrected chi connectivity index (χ4v) is 8.79. The minimum absolute atomic E-state index is 0.0426. The van der Waals surface area contributed by atoms with Gasteiger partial charge in [0, 0.05) is 19.4 Å². The Bertz CT molecular complexity index is 1860. The number of unbranched alkanes of at least 4 members (excludes halogenated alkanes) is 18. The summed E-state index contributed by atoms with van der Waals surface area (Å²) < 4.78 is 33.0. The molecule has 80 heavy (non-hydrogen) atoms. The zero-order valence-corrected chi connectivity index (χ0v) is 51.4. The monoisotopic (exact) mass is 1130 g/mol. The Morgan fingerprint density at radius 3 is 1.02 bits per heavy atom. The summed E-state index contributed by atoms with van der Waals surface area (Å²) in [5.74, 6) is -0.859. The van der Waals surface area contributed by atoms with Gasteiger partial charge >= 0.3 is 19.8 Å². The van der Waals surface area contributed by atoms with Gasteiger partial charge in [-0.3, -0.25) is 18.6 Å². The van der Waals surface area contributed by atoms with E-state index < -0.39 is 32.5 Å². The summed E-state index contributed by atoms with van der Waals surface area (Å²) in [4.78, 5) is 35.2. The average Bonchev–Trinajstić information content (AvgIpc) is 3.45. The topological polar surface area (TPSA) is 134 Å². The summed E-state index contributed by atoms with van der Waals surface area (Å²) in [6.45, 7) is 3.58. The minimum Gasteiger partial charge on any atom is -0.462 e. The van der Waals surface area contributed by atoms with Crippen molar-refractivity contribution < 1.29 is 37.6 Å². The molecule has 0 aromatic carbocycles. The standard InChI is InChI=1S/C70H114NO8P/c1-3-5-7-9-11-13-15-17-19-21-23-24-25-26-27-28-29-30-31-32-33-34-35-36-37-38-39-40-41-42-43-44-45-47-49-51-53-55-57-59-61-63-70(73)79-68(67-78-80(74,75)77-65-64-71)66-76-69(72)62-60-58-56-54-52-50-48-46-22-20-18-16-14-12-10-8-6-4-2/h5,7,11,13-14,16-17,19-20,22-24,26-27,29-30,32-33,35-36,38-39,41-42,44-45,68H,3-4,6,8-10,12,15,18,21,25,28,31,34,37,40,43,46-67,71H2,1-2H3,(H,74,75)/b7-5-,13-11-,16-14-,19-17-,22-20-,24-23-,27-26-,30-29-,33-32-,36-35-,39-38-,42-41-,45-44-. The van der Waals surface area contributed by atoms with Crippen LogP contribution < -0.4 is 5.73 Å². The third kappa shape index (κ3) is 62.8. The van der Waals surface area contributed by atoms with Crippen LogP contribution in [0.2, 0.25) is 0 Å². The molecular weight excluding hydrogens is 1010 g/mol. The molecule has 3 N–H and O–H groups in total. The predicted octanol–water partition coefficient (Wildman–Crippen LogP) is 20.5. The van der Waals surface area contributed by atoms with Gasteiger partial charge in [0.25, 0.3) is 0 Å². The van der Waals surface area contributed by atoms with E-state index in [1.807, 2.05) is 0 Å². The lowest BCUT2D eigenvalue weighted by molar-refractivity contribution is -0.161. The fourth-order valence-electron chi connectivity index (χ4n) is 8.02. The second kappa shape index (κ2) is 63.8. The number of esters is 2. The molecule has 0 heterocycles. The Morgan fingerprint density at radius 1 is 0.388 bits per heavy atom. The molecule has 0 amide bonds. The van der Waals surface area contributed by atoms with E-state index in [9.17, 15) is 19.0 Å². The number of rotatable bonds is 57. The zero-order chi connectivity index (χ0) is 58.0. The van der Waals surface area contributed by atoms with E-state index >= 15 is 0 Å². The number of allylic oxidation sites excluding steroid dienone is 26. The van der Waals surface area contributed by atoms with Gasteiger partial charge in [0.15, 0.2) is 6.10 Å². The van der Waals surface area contributed by atoms with Crippen LogP contribution in [-0.2, 0) is 32.7 Å². The average molecular weight is 1130 g/mol. The molecule has 0 aliphatic heterocycles. The highest BCUT2D eigenvalue weighted by Gasteiger charge is 2.26. The predicted molar refractivity (Wildman–Crippen MR) is 343 cm³/mol. The van der Waals surface area contributed by atoms with Crippen LogP contribution in [0.15, 0.2) is 158 Å². The second-order valence-electron chi connectivity index (χ2n) is 20.2. The van der Waals surface area contributed by atoms with E-state index in [0.717, 1.165) is 135 Å². The lowest BCUT2D eigenvalue weighted by Gasteiger charge is -2.19. The number of carbonyl (C=O) groups is 2. The quantitative estimate of drug-likeness (QED) is 0.0264. The van der Waals surface area contributed by atoms with Gasteiger partial charge < -0.3 is 20.1 Å². The molecule has 0 radical (unpaired) electrons. The van der Waals surface area contributed by atoms with Crippen LogP contribution in [0.1, 0.15) is 239 Å². The van der Waals surface area contributed by atoms with Crippen LogP contribution in [-0.4, -0.2) is 49.3 Å². The summed E-state index contributed by atoms with van der Waals surface area (Å²) in [7, 11) is -4.40. The Hall–Kier alpha value is -4.37. The Labute approximate surface area is 489 Å². The second-order valence-corrected chi connectivity index (χ2v) is 21.6. The lowest BCUT2D eigenvalue weighted by atomic mass is 10.1. The minimum atomic E-state index is -4.40. The van der Waals surface area contributed by atoms with Crippen molar-refractivity contribution in [3.8, 4) is 0 Å². The van der Waals surface area contributed by atoms with Gasteiger partial charge in [0.2, 0.25) is 0 Å². The van der Waals surface area contributed by atoms with Crippen molar-refractivity contribution in [2.45, 2.75) is 245 Å². The molecule has 10 heteroatoms. The van der Waals surface area contributed by atoms with Crippen molar-refractivity contribution in [3.63, 3.8) is 0 Å². The smallest absolute Gasteiger partial charge is 0.462 e. The molecule has 452 valence electrons. The van der Waals surface area contributed by atoms with Crippen LogP contribution in [0, 0.1) is 0 Å². The number of nitrogens with two attached hydrogens (primary N) is 1. The van der Waals surface area contributed by atoms with Crippen molar-refractivity contribution in [2.24, 2.45) is 5.73 Å². The highest BCUT2D eigenvalue weighted by atomic mass is 31.2. The lowest BCUT2D eigenvalue weighted by Crippen LogP contribution is -2.29. The first-order valence-corrected chi connectivity index (χ1v) is 33.0. The molecule has 0 aromatic heterocycles. The summed E-state index contributed by atoms with van der Waals surface area (Å²) in [5.41, 5.74) is 5.38. The molecule has 2 atom stereocenters. The van der Waals surface area contributed by atoms with Crippen molar-refractivity contribution in [3.05, 3.63) is 158 Å². The molecule has 0 saturated carbocycles. The van der Waals surface area contributed by atoms with E-state index in [1.54, 1.807) is 0 Å². The summed E-state index contributed by atoms with van der Waals surface area (Å²) in [6.07, 6.45) is 93.0. The number of phosphoric acid groups is 1. The van der Waals surface area contributed by atoms with Crippen molar-refractivity contribution in [2.75, 3.05) is 26.4 Å². The maximum absolute atomic E-state index is 12.7. The summed E-state index contributed by atoms with van der Waals surface area (Å²) in [6, 6.07) is 0. The molecule has 0 aromatic rings. The fraction of sp³-hybridized carbons (Fsp3) is 0.600. The molecule has 0 aliphatic carbocycles. The first-order valence-electron chi connectivity index (χ1n) is 31.5. The number of ether oxygens (including phenoxy) is 2. The normalized spacial score (nSPS) is 14.1. The van der Waals surface area contributed by atoms with E-state index in [1.165, 1.54) is 64.2 Å². The van der Waals surface area contributed by atoms with E-state index in [0.29, 0.717) is 12.8 Å². The molecule has 9 nitrogen and oxygen atoms in total. The van der Waals surface area contributed by atoms with Gasteiger partial charge in [-0.15, -0.1) is 0 Å². The Balaban J connectivity index is 4.02. The van der Waals surface area contributed by atoms with E-state index in [-0.39, 0.29) is 32.6 Å². The number of phosphoric ester groups is 1. The first kappa shape index (κ1) is 75.6. The molecular formula is C70H114NO8P. The van der Waals surface area contributed by atoms with Crippen molar-refractivity contribution >= 4 is 19.8 Å². The number of hydrogen-bond acceptors (Lipinski definition) is 8. The van der Waals surface area contributed by atoms with E-state index in [2.05, 4.69) is 172 Å². The van der Waals surface area contributed by atoms with Crippen molar-refractivity contribution in [1.29, 1.82) is 0 Å². The maximum Gasteiger partial charge on any atom is 0.472 e. The largest absolute Gasteiger partial charge is 0.472 e. The van der Waals surface area contributed by atoms with Gasteiger partial charge in [-0.25, -0.2) is 4.57 Å². The van der Waals surface area contributed by atoms with Gasteiger partial charge in [-0.1, -0.05) is 255 Å². The first-order chi connectivity index (χ1) is 39.3. The molecule has 0 fully saturated rings. The molecule has 2 unspecified atom stereocenters. The van der Waals surface area contributed by atoms with Crippen LogP contribution in [0.3, 0.4) is 0 Å². The molecule has 0 rings (SSSR count). The number of carbonyl (C=O) groups excluding carboxylic acids is 2. The molecule has 0 saturated heterocycles. The number of hydrogen-bond donors (Lipinski definition) is 2. The van der Waals surface area contributed by atoms with Crippen LogP contribution >= 0.6 is 7.82 Å².